The fourth-order valence-corrected chi connectivity index (χ4v) is 3.38. The van der Waals surface area contributed by atoms with Crippen molar-refractivity contribution in [2.24, 2.45) is 0 Å². The van der Waals surface area contributed by atoms with Gasteiger partial charge in [-0.3, -0.25) is 0 Å². The molecule has 1 fully saturated rings. The molecule has 118 valence electrons. The molecule has 5 nitrogen and oxygen atoms in total. The molecule has 3 heterocycles. The van der Waals surface area contributed by atoms with Gasteiger partial charge in [0.25, 0.3) is 0 Å². The number of aromatic nitrogens is 4. The van der Waals surface area contributed by atoms with Crippen molar-refractivity contribution < 1.29 is 0 Å². The average Bonchev–Trinajstić information content (AvgIpc) is 3.18. The molecular formula is C18H21N5. The highest BCUT2D eigenvalue weighted by atomic mass is 15.2. The largest absolute Gasteiger partial charge is 0.342 e. The Balaban J connectivity index is 1.54. The molecule has 0 radical (unpaired) electrons. The molecule has 1 saturated heterocycles. The van der Waals surface area contributed by atoms with Gasteiger partial charge in [0, 0.05) is 37.0 Å². The lowest BCUT2D eigenvalue weighted by Crippen LogP contribution is -2.29. The van der Waals surface area contributed by atoms with Crippen molar-refractivity contribution in [2.45, 2.75) is 32.2 Å². The Morgan fingerprint density at radius 2 is 2.09 bits per heavy atom. The van der Waals surface area contributed by atoms with Gasteiger partial charge >= 0.3 is 0 Å². The SMILES string of the molecule is CC1CCCN1CCc1nc2ccc(-c3cncnc3)cc2[nH]1. The predicted molar refractivity (Wildman–Crippen MR) is 91.1 cm³/mol. The molecule has 1 aliphatic rings. The minimum Gasteiger partial charge on any atom is -0.342 e. The van der Waals surface area contributed by atoms with Crippen molar-refractivity contribution in [3.05, 3.63) is 42.7 Å². The number of nitrogens with zero attached hydrogens (tertiary/aromatic N) is 4. The zero-order valence-corrected chi connectivity index (χ0v) is 13.4. The van der Waals surface area contributed by atoms with Crippen LogP contribution in [0.4, 0.5) is 0 Å². The van der Waals surface area contributed by atoms with Gasteiger partial charge in [0.2, 0.25) is 0 Å². The molecule has 2 aromatic heterocycles. The molecule has 1 unspecified atom stereocenters. The van der Waals surface area contributed by atoms with E-state index in [1.54, 1.807) is 6.33 Å². The topological polar surface area (TPSA) is 57.7 Å². The van der Waals surface area contributed by atoms with Crippen LogP contribution in [-0.2, 0) is 6.42 Å². The van der Waals surface area contributed by atoms with Gasteiger partial charge in [0.15, 0.2) is 0 Å². The van der Waals surface area contributed by atoms with Crippen LogP contribution in [0.15, 0.2) is 36.9 Å². The average molecular weight is 307 g/mol. The number of hydrogen-bond donors (Lipinski definition) is 1. The van der Waals surface area contributed by atoms with E-state index in [9.17, 15) is 0 Å². The normalized spacial score (nSPS) is 18.7. The van der Waals surface area contributed by atoms with Crippen molar-refractivity contribution in [3.63, 3.8) is 0 Å². The van der Waals surface area contributed by atoms with Gasteiger partial charge in [-0.25, -0.2) is 15.0 Å². The third-order valence-electron chi connectivity index (χ3n) is 4.75. The first kappa shape index (κ1) is 14.3. The number of benzene rings is 1. The van der Waals surface area contributed by atoms with E-state index in [2.05, 4.69) is 45.0 Å². The Kier molecular flexibility index (Phi) is 3.79. The number of H-pyrrole nitrogens is 1. The number of rotatable bonds is 4. The minimum atomic E-state index is 0.712. The smallest absolute Gasteiger partial charge is 0.115 e. The van der Waals surface area contributed by atoms with Crippen LogP contribution in [0.5, 0.6) is 0 Å². The van der Waals surface area contributed by atoms with Crippen LogP contribution in [0.3, 0.4) is 0 Å². The highest BCUT2D eigenvalue weighted by Crippen LogP contribution is 2.22. The molecule has 23 heavy (non-hydrogen) atoms. The number of likely N-dealkylation sites (tertiary alicyclic amines) is 1. The second kappa shape index (κ2) is 6.08. The lowest BCUT2D eigenvalue weighted by Gasteiger charge is -2.19. The molecule has 1 N–H and O–H groups in total. The van der Waals surface area contributed by atoms with E-state index in [1.807, 2.05) is 12.4 Å². The van der Waals surface area contributed by atoms with Gasteiger partial charge in [-0.2, -0.15) is 0 Å². The lowest BCUT2D eigenvalue weighted by molar-refractivity contribution is 0.271. The monoisotopic (exact) mass is 307 g/mol. The second-order valence-corrected chi connectivity index (χ2v) is 6.32. The highest BCUT2D eigenvalue weighted by Gasteiger charge is 2.19. The van der Waals surface area contributed by atoms with Crippen molar-refractivity contribution in [2.75, 3.05) is 13.1 Å². The Labute approximate surface area is 135 Å². The number of nitrogens with one attached hydrogen (secondary N) is 1. The number of hydrogen-bond acceptors (Lipinski definition) is 4. The van der Waals surface area contributed by atoms with Crippen molar-refractivity contribution in [1.82, 2.24) is 24.8 Å². The summed E-state index contributed by atoms with van der Waals surface area (Å²) in [5.74, 6) is 1.07. The van der Waals surface area contributed by atoms with Gasteiger partial charge in [0.05, 0.1) is 11.0 Å². The second-order valence-electron chi connectivity index (χ2n) is 6.32. The van der Waals surface area contributed by atoms with Crippen LogP contribution in [0.25, 0.3) is 22.2 Å². The molecule has 1 aromatic carbocycles. The van der Waals surface area contributed by atoms with Crippen LogP contribution in [-0.4, -0.2) is 44.0 Å². The molecule has 4 rings (SSSR count). The maximum absolute atomic E-state index is 4.72. The molecule has 0 amide bonds. The Morgan fingerprint density at radius 3 is 2.87 bits per heavy atom. The summed E-state index contributed by atoms with van der Waals surface area (Å²) in [6.07, 6.45) is 8.84. The third-order valence-corrected chi connectivity index (χ3v) is 4.75. The summed E-state index contributed by atoms with van der Waals surface area (Å²) in [7, 11) is 0. The molecule has 1 aliphatic heterocycles. The van der Waals surface area contributed by atoms with Gasteiger partial charge in [-0.1, -0.05) is 6.07 Å². The van der Waals surface area contributed by atoms with Crippen molar-refractivity contribution >= 4 is 11.0 Å². The zero-order chi connectivity index (χ0) is 15.6. The Hall–Kier alpha value is -2.27. The summed E-state index contributed by atoms with van der Waals surface area (Å²) in [6, 6.07) is 6.98. The first-order valence-electron chi connectivity index (χ1n) is 8.28. The predicted octanol–water partition coefficient (Wildman–Crippen LogP) is 3.05. The van der Waals surface area contributed by atoms with E-state index < -0.39 is 0 Å². The molecule has 0 spiro atoms. The van der Waals surface area contributed by atoms with Gasteiger partial charge in [-0.15, -0.1) is 0 Å². The van der Waals surface area contributed by atoms with Crippen LogP contribution in [0.1, 0.15) is 25.6 Å². The molecule has 0 aliphatic carbocycles. The van der Waals surface area contributed by atoms with Crippen LogP contribution >= 0.6 is 0 Å². The number of imidazole rings is 1. The Morgan fingerprint density at radius 1 is 1.22 bits per heavy atom. The van der Waals surface area contributed by atoms with E-state index in [1.165, 1.54) is 19.4 Å². The fourth-order valence-electron chi connectivity index (χ4n) is 3.38. The lowest BCUT2D eigenvalue weighted by atomic mass is 10.1. The summed E-state index contributed by atoms with van der Waals surface area (Å²) >= 11 is 0. The highest BCUT2D eigenvalue weighted by molar-refractivity contribution is 5.81. The van der Waals surface area contributed by atoms with E-state index in [0.29, 0.717) is 6.04 Å². The first-order valence-corrected chi connectivity index (χ1v) is 8.28. The minimum absolute atomic E-state index is 0.712. The summed E-state index contributed by atoms with van der Waals surface area (Å²) < 4.78 is 0. The Bertz CT molecular complexity index is 796. The van der Waals surface area contributed by atoms with E-state index >= 15 is 0 Å². The number of fused-ring (bicyclic) bond motifs is 1. The summed E-state index contributed by atoms with van der Waals surface area (Å²) in [4.78, 5) is 18.9. The van der Waals surface area contributed by atoms with E-state index in [0.717, 1.165) is 41.0 Å². The van der Waals surface area contributed by atoms with Crippen LogP contribution in [0.2, 0.25) is 0 Å². The van der Waals surface area contributed by atoms with Gasteiger partial charge < -0.3 is 9.88 Å². The maximum Gasteiger partial charge on any atom is 0.115 e. The number of aromatic amines is 1. The summed E-state index contributed by atoms with van der Waals surface area (Å²) in [6.45, 7) is 4.62. The molecule has 3 aromatic rings. The summed E-state index contributed by atoms with van der Waals surface area (Å²) in [5, 5.41) is 0. The quantitative estimate of drug-likeness (QED) is 0.805. The summed E-state index contributed by atoms with van der Waals surface area (Å²) in [5.41, 5.74) is 4.24. The van der Waals surface area contributed by atoms with E-state index in [-0.39, 0.29) is 0 Å². The molecule has 0 saturated carbocycles. The molecule has 5 heteroatoms. The first-order chi connectivity index (χ1) is 11.3. The van der Waals surface area contributed by atoms with Crippen LogP contribution in [0, 0.1) is 0 Å². The van der Waals surface area contributed by atoms with E-state index in [4.69, 9.17) is 4.98 Å². The maximum atomic E-state index is 4.72. The standard InChI is InChI=1S/C18H21N5/c1-13-3-2-7-23(13)8-6-18-21-16-5-4-14(9-17(16)22-18)15-10-19-12-20-11-15/h4-5,9-13H,2-3,6-8H2,1H3,(H,21,22). The molecular weight excluding hydrogens is 286 g/mol. The fraction of sp³-hybridized carbons (Fsp3) is 0.389. The zero-order valence-electron chi connectivity index (χ0n) is 13.4. The third kappa shape index (κ3) is 2.97. The molecule has 1 atom stereocenters. The van der Waals surface area contributed by atoms with Crippen LogP contribution < -0.4 is 0 Å². The van der Waals surface area contributed by atoms with Gasteiger partial charge in [-0.05, 0) is 44.0 Å². The van der Waals surface area contributed by atoms with Gasteiger partial charge in [0.1, 0.15) is 12.2 Å². The van der Waals surface area contributed by atoms with Crippen molar-refractivity contribution in [1.29, 1.82) is 0 Å². The molecule has 0 bridgehead atoms. The van der Waals surface area contributed by atoms with Crippen molar-refractivity contribution in [3.8, 4) is 11.1 Å².